The third-order valence-electron chi connectivity index (χ3n) is 4.79. The molecule has 0 bridgehead atoms. The van der Waals surface area contributed by atoms with Crippen LogP contribution in [0.25, 0.3) is 5.20 Å². The van der Waals surface area contributed by atoms with Gasteiger partial charge < -0.3 is 0 Å². The zero-order valence-electron chi connectivity index (χ0n) is 18.0. The van der Waals surface area contributed by atoms with Gasteiger partial charge in [-0.2, -0.15) is 0 Å². The van der Waals surface area contributed by atoms with Crippen LogP contribution in [0.2, 0.25) is 24.7 Å². The summed E-state index contributed by atoms with van der Waals surface area (Å²) in [6.07, 6.45) is 0. The summed E-state index contributed by atoms with van der Waals surface area (Å²) in [5.74, 6) is 0.834. The molecule has 0 spiro atoms. The van der Waals surface area contributed by atoms with Crippen molar-refractivity contribution >= 4 is 49.5 Å². The lowest BCUT2D eigenvalue weighted by Crippen LogP contribution is -2.23. The third kappa shape index (κ3) is 5.99. The van der Waals surface area contributed by atoms with Crippen LogP contribution in [0.1, 0.15) is 56.2 Å². The predicted molar refractivity (Wildman–Crippen MR) is 131 cm³/mol. The normalized spacial score (nSPS) is 13.5. The van der Waals surface area contributed by atoms with Crippen molar-refractivity contribution in [1.82, 2.24) is 0 Å². The first-order valence-electron chi connectivity index (χ1n) is 9.85. The molecule has 2 aromatic carbocycles. The van der Waals surface area contributed by atoms with E-state index in [0.717, 1.165) is 10.7 Å². The molecule has 5 heteroatoms. The standard InChI is InChI=1S/C23H31Cl2NSi2/c1-16(2)20-9-8-10-21(17(3)4)23(20)26-27(25)15-22(28(5,6)7)18-11-13-19(24)14-12-18/h8-17H,1-7H3/b22-15-,27-26?. The first-order chi connectivity index (χ1) is 13.0. The Hall–Kier alpha value is -1.01. The molecule has 0 amide bonds. The van der Waals surface area contributed by atoms with Gasteiger partial charge in [0, 0.05) is 5.02 Å². The highest BCUT2D eigenvalue weighted by Crippen LogP contribution is 2.35. The first kappa shape index (κ1) is 23.3. The summed E-state index contributed by atoms with van der Waals surface area (Å²) in [5.41, 5.74) is 7.11. The zero-order valence-corrected chi connectivity index (χ0v) is 21.5. The lowest BCUT2D eigenvalue weighted by molar-refractivity contribution is 0.835. The van der Waals surface area contributed by atoms with E-state index < -0.39 is 16.0 Å². The number of halogens is 2. The number of hydrogen-bond donors (Lipinski definition) is 0. The molecule has 1 nitrogen and oxygen atoms in total. The predicted octanol–water partition coefficient (Wildman–Crippen LogP) is 8.71. The Balaban J connectivity index is 2.61. The molecule has 0 saturated carbocycles. The van der Waals surface area contributed by atoms with Crippen LogP contribution >= 0.6 is 22.7 Å². The number of benzene rings is 2. The van der Waals surface area contributed by atoms with Gasteiger partial charge in [0.2, 0.25) is 0 Å². The van der Waals surface area contributed by atoms with Crippen LogP contribution in [-0.2, 0) is 0 Å². The van der Waals surface area contributed by atoms with E-state index in [4.69, 9.17) is 27.3 Å². The highest BCUT2D eigenvalue weighted by atomic mass is 35.6. The molecule has 0 unspecified atom stereocenters. The Morgan fingerprint density at radius 3 is 1.86 bits per heavy atom. The highest BCUT2D eigenvalue weighted by molar-refractivity contribution is 7.06. The molecule has 150 valence electrons. The van der Waals surface area contributed by atoms with Gasteiger partial charge in [0.1, 0.15) is 0 Å². The molecule has 2 rings (SSSR count). The van der Waals surface area contributed by atoms with Crippen LogP contribution in [0.15, 0.2) is 52.8 Å². The molecular weight excluding hydrogens is 417 g/mol. The van der Waals surface area contributed by atoms with E-state index in [-0.39, 0.29) is 0 Å². The SMILES string of the molecule is CC(C)c1cccc(C(C)C)c1N=[Si](Cl)/C=C(/c1ccc(Cl)cc1)[Si](C)(C)C. The van der Waals surface area contributed by atoms with Crippen LogP contribution in [-0.4, -0.2) is 16.0 Å². The minimum absolute atomic E-state index is 0.417. The van der Waals surface area contributed by atoms with E-state index in [1.165, 1.54) is 21.9 Å². The van der Waals surface area contributed by atoms with Gasteiger partial charge in [-0.1, -0.05) is 94.5 Å². The molecule has 0 aliphatic heterocycles. The largest absolute Gasteiger partial charge is 0.278 e. The van der Waals surface area contributed by atoms with Gasteiger partial charge in [-0.15, -0.1) is 11.1 Å². The van der Waals surface area contributed by atoms with Gasteiger partial charge >= 0.3 is 0 Å². The summed E-state index contributed by atoms with van der Waals surface area (Å²) < 4.78 is 5.08. The van der Waals surface area contributed by atoms with Gasteiger partial charge in [-0.05, 0) is 46.4 Å². The van der Waals surface area contributed by atoms with Crippen LogP contribution < -0.4 is 0 Å². The number of hydrogen-bond acceptors (Lipinski definition) is 1. The Kier molecular flexibility index (Phi) is 8.03. The van der Waals surface area contributed by atoms with Crippen LogP contribution in [0.4, 0.5) is 5.69 Å². The second-order valence-electron chi connectivity index (χ2n) is 8.84. The summed E-state index contributed by atoms with van der Waals surface area (Å²) in [4.78, 5) is 0. The number of nitrogens with zero attached hydrogens (tertiary/aromatic N) is 1. The molecule has 0 fully saturated rings. The van der Waals surface area contributed by atoms with Crippen molar-refractivity contribution in [3.05, 3.63) is 69.9 Å². The quantitative estimate of drug-likeness (QED) is 0.309. The maximum atomic E-state index is 6.91. The Bertz CT molecular complexity index is 850. The maximum Gasteiger partial charge on any atom is 0.262 e. The molecule has 0 saturated heterocycles. The van der Waals surface area contributed by atoms with Crippen molar-refractivity contribution < 1.29 is 0 Å². The van der Waals surface area contributed by atoms with Crippen molar-refractivity contribution in [2.75, 3.05) is 0 Å². The fourth-order valence-electron chi connectivity index (χ4n) is 3.26. The lowest BCUT2D eigenvalue weighted by atomic mass is 9.93. The monoisotopic (exact) mass is 447 g/mol. The van der Waals surface area contributed by atoms with Crippen molar-refractivity contribution in [2.45, 2.75) is 59.2 Å². The summed E-state index contributed by atoms with van der Waals surface area (Å²) >= 11 is 13.0. The maximum absolute atomic E-state index is 6.91. The Morgan fingerprint density at radius 1 is 0.929 bits per heavy atom. The smallest absolute Gasteiger partial charge is 0.262 e. The molecule has 28 heavy (non-hydrogen) atoms. The summed E-state index contributed by atoms with van der Waals surface area (Å²) in [6.45, 7) is 15.9. The molecule has 0 heterocycles. The minimum atomic E-state index is -1.60. The van der Waals surface area contributed by atoms with E-state index in [0.29, 0.717) is 11.8 Å². The van der Waals surface area contributed by atoms with E-state index in [9.17, 15) is 0 Å². The van der Waals surface area contributed by atoms with Gasteiger partial charge in [-0.25, -0.2) is 0 Å². The second-order valence-corrected chi connectivity index (χ2v) is 16.6. The minimum Gasteiger partial charge on any atom is -0.278 e. The molecule has 0 aliphatic rings. The van der Waals surface area contributed by atoms with Crippen molar-refractivity contribution in [1.29, 1.82) is 0 Å². The highest BCUT2D eigenvalue weighted by Gasteiger charge is 2.22. The van der Waals surface area contributed by atoms with Gasteiger partial charge in [0.15, 0.2) is 0 Å². The van der Waals surface area contributed by atoms with E-state index >= 15 is 0 Å². The summed E-state index contributed by atoms with van der Waals surface area (Å²) in [6, 6.07) is 14.6. The van der Waals surface area contributed by atoms with E-state index in [1.54, 1.807) is 0 Å². The first-order valence-corrected chi connectivity index (χ1v) is 16.3. The number of rotatable bonds is 6. The van der Waals surface area contributed by atoms with Crippen LogP contribution in [0.3, 0.4) is 0 Å². The Morgan fingerprint density at radius 2 is 1.43 bits per heavy atom. The lowest BCUT2D eigenvalue weighted by Gasteiger charge is -2.22. The van der Waals surface area contributed by atoms with Gasteiger partial charge in [-0.3, -0.25) is 4.63 Å². The van der Waals surface area contributed by atoms with Crippen molar-refractivity contribution in [3.63, 3.8) is 0 Å². The van der Waals surface area contributed by atoms with Gasteiger partial charge in [0.25, 0.3) is 7.90 Å². The molecule has 2 aromatic rings. The molecule has 0 atom stereocenters. The van der Waals surface area contributed by atoms with E-state index in [2.05, 4.69) is 83.4 Å². The van der Waals surface area contributed by atoms with Crippen LogP contribution in [0, 0.1) is 0 Å². The molecular formula is C23H31Cl2NSi2. The van der Waals surface area contributed by atoms with Gasteiger partial charge in [0.05, 0.1) is 13.8 Å². The molecule has 0 radical (unpaired) electrons. The summed E-state index contributed by atoms with van der Waals surface area (Å²) in [5, 5.41) is 2.11. The van der Waals surface area contributed by atoms with E-state index in [1.807, 2.05) is 12.1 Å². The fourth-order valence-corrected chi connectivity index (χ4v) is 8.36. The Labute approximate surface area is 182 Å². The zero-order chi connectivity index (χ0) is 21.1. The van der Waals surface area contributed by atoms with Crippen molar-refractivity contribution in [3.8, 4) is 0 Å². The second kappa shape index (κ2) is 9.66. The summed E-state index contributed by atoms with van der Waals surface area (Å²) in [7, 11) is -3.15. The molecule has 0 aliphatic carbocycles. The average molecular weight is 449 g/mol. The molecule has 0 aromatic heterocycles. The van der Waals surface area contributed by atoms with Crippen molar-refractivity contribution in [2.24, 2.45) is 4.63 Å². The average Bonchev–Trinajstić information content (AvgIpc) is 2.59. The molecule has 0 N–H and O–H groups in total. The fraction of sp³-hybridized carbons (Fsp3) is 0.391. The third-order valence-corrected chi connectivity index (χ3v) is 8.92. The van der Waals surface area contributed by atoms with Crippen LogP contribution in [0.5, 0.6) is 0 Å². The topological polar surface area (TPSA) is 12.4 Å².